The van der Waals surface area contributed by atoms with E-state index in [0.717, 1.165) is 16.5 Å². The second-order valence-corrected chi connectivity index (χ2v) is 5.92. The number of benzene rings is 2. The highest BCUT2D eigenvalue weighted by Crippen LogP contribution is 2.27. The van der Waals surface area contributed by atoms with Crippen molar-refractivity contribution in [3.05, 3.63) is 58.2 Å². The van der Waals surface area contributed by atoms with Crippen molar-refractivity contribution in [2.75, 3.05) is 12.4 Å². The second kappa shape index (κ2) is 6.52. The lowest BCUT2D eigenvalue weighted by molar-refractivity contribution is -0.115. The van der Waals surface area contributed by atoms with E-state index < -0.39 is 0 Å². The van der Waals surface area contributed by atoms with Crippen LogP contribution in [-0.2, 0) is 11.2 Å². The molecule has 1 heterocycles. The molecule has 6 heteroatoms. The first kappa shape index (κ1) is 15.7. The van der Waals surface area contributed by atoms with Crippen molar-refractivity contribution in [2.24, 2.45) is 0 Å². The third kappa shape index (κ3) is 3.44. The third-order valence-electron chi connectivity index (χ3n) is 3.52. The number of carbonyl (C=O) groups excluding carboxylic acids is 1. The molecular weight excluding hydrogens is 335 g/mol. The number of halogens is 2. The Hall–Kier alpha value is -2.17. The monoisotopic (exact) mass is 348 g/mol. The highest BCUT2D eigenvalue weighted by molar-refractivity contribution is 6.32. The van der Waals surface area contributed by atoms with E-state index in [0.29, 0.717) is 21.5 Å². The van der Waals surface area contributed by atoms with Crippen LogP contribution in [0.5, 0.6) is 5.75 Å². The highest BCUT2D eigenvalue weighted by atomic mass is 35.5. The number of aromatic nitrogens is 1. The summed E-state index contributed by atoms with van der Waals surface area (Å²) < 4.78 is 5.09. The smallest absolute Gasteiger partial charge is 0.228 e. The topological polar surface area (TPSA) is 54.1 Å². The first-order chi connectivity index (χ1) is 11.1. The fourth-order valence-corrected chi connectivity index (χ4v) is 2.86. The van der Waals surface area contributed by atoms with Crippen molar-refractivity contribution in [3.8, 4) is 5.75 Å². The van der Waals surface area contributed by atoms with Crippen LogP contribution in [0.15, 0.2) is 42.6 Å². The number of H-pyrrole nitrogens is 1. The molecule has 0 saturated heterocycles. The number of methoxy groups -OCH3 is 1. The Morgan fingerprint density at radius 3 is 2.78 bits per heavy atom. The molecule has 1 aromatic heterocycles. The molecule has 118 valence electrons. The van der Waals surface area contributed by atoms with Gasteiger partial charge in [-0.25, -0.2) is 0 Å². The van der Waals surface area contributed by atoms with Crippen molar-refractivity contribution in [3.63, 3.8) is 0 Å². The third-order valence-corrected chi connectivity index (χ3v) is 4.05. The maximum absolute atomic E-state index is 12.2. The van der Waals surface area contributed by atoms with E-state index in [-0.39, 0.29) is 12.3 Å². The second-order valence-electron chi connectivity index (χ2n) is 5.08. The van der Waals surface area contributed by atoms with Crippen molar-refractivity contribution in [1.29, 1.82) is 0 Å². The maximum Gasteiger partial charge on any atom is 0.228 e. The number of rotatable bonds is 4. The van der Waals surface area contributed by atoms with Crippen LogP contribution >= 0.6 is 23.2 Å². The zero-order valence-corrected chi connectivity index (χ0v) is 13.8. The van der Waals surface area contributed by atoms with Gasteiger partial charge in [0.25, 0.3) is 0 Å². The van der Waals surface area contributed by atoms with Gasteiger partial charge in [-0.1, -0.05) is 29.3 Å². The molecule has 3 rings (SSSR count). The first-order valence-electron chi connectivity index (χ1n) is 6.95. The minimum absolute atomic E-state index is 0.123. The fraction of sp³-hybridized carbons (Fsp3) is 0.118. The summed E-state index contributed by atoms with van der Waals surface area (Å²) in [6.07, 6.45) is 2.08. The molecule has 4 nitrogen and oxygen atoms in total. The Bertz CT molecular complexity index is 874. The number of aromatic amines is 1. The molecule has 0 unspecified atom stereocenters. The average molecular weight is 349 g/mol. The molecule has 0 fully saturated rings. The standard InChI is InChI=1S/C17H14Cl2N2O2/c1-23-16-5-3-12(8-14(16)19)21-17(22)6-10-9-20-15-7-11(18)2-4-13(10)15/h2-5,7-9,20H,6H2,1H3,(H,21,22). The number of amides is 1. The Morgan fingerprint density at radius 1 is 1.22 bits per heavy atom. The SMILES string of the molecule is COc1ccc(NC(=O)Cc2c[nH]c3cc(Cl)ccc23)cc1Cl. The van der Waals surface area contributed by atoms with Gasteiger partial charge in [0.1, 0.15) is 5.75 Å². The minimum Gasteiger partial charge on any atom is -0.495 e. The average Bonchev–Trinajstić information content (AvgIpc) is 2.89. The van der Waals surface area contributed by atoms with Gasteiger partial charge in [0.2, 0.25) is 5.91 Å². The molecule has 3 aromatic rings. The molecule has 0 spiro atoms. The molecule has 0 bridgehead atoms. The lowest BCUT2D eigenvalue weighted by atomic mass is 10.1. The number of carbonyl (C=O) groups is 1. The van der Waals surface area contributed by atoms with Crippen LogP contribution in [0.3, 0.4) is 0 Å². The van der Waals surface area contributed by atoms with E-state index in [1.54, 1.807) is 25.3 Å². The van der Waals surface area contributed by atoms with Gasteiger partial charge in [-0.2, -0.15) is 0 Å². The van der Waals surface area contributed by atoms with Gasteiger partial charge >= 0.3 is 0 Å². The van der Waals surface area contributed by atoms with Gasteiger partial charge in [0, 0.05) is 27.8 Å². The van der Waals surface area contributed by atoms with Crippen molar-refractivity contribution in [1.82, 2.24) is 4.98 Å². The van der Waals surface area contributed by atoms with Crippen LogP contribution < -0.4 is 10.1 Å². The van der Waals surface area contributed by atoms with Crippen molar-refractivity contribution >= 4 is 45.7 Å². The molecule has 1 amide bonds. The van der Waals surface area contributed by atoms with Crippen LogP contribution in [0.4, 0.5) is 5.69 Å². The predicted octanol–water partition coefficient (Wildman–Crippen LogP) is 4.66. The fourth-order valence-electron chi connectivity index (χ4n) is 2.43. The summed E-state index contributed by atoms with van der Waals surface area (Å²) in [7, 11) is 1.54. The van der Waals surface area contributed by atoms with Crippen LogP contribution in [0.2, 0.25) is 10.0 Å². The summed E-state index contributed by atoms with van der Waals surface area (Å²) in [4.78, 5) is 15.4. The van der Waals surface area contributed by atoms with E-state index in [9.17, 15) is 4.79 Å². The van der Waals surface area contributed by atoms with Crippen LogP contribution in [-0.4, -0.2) is 18.0 Å². The molecule has 23 heavy (non-hydrogen) atoms. The Labute approximate surface area is 143 Å². The largest absolute Gasteiger partial charge is 0.495 e. The van der Waals surface area contributed by atoms with Gasteiger partial charge in [0.15, 0.2) is 0 Å². The lowest BCUT2D eigenvalue weighted by Crippen LogP contribution is -2.14. The zero-order valence-electron chi connectivity index (χ0n) is 12.3. The molecule has 2 aromatic carbocycles. The molecule has 0 atom stereocenters. The van der Waals surface area contributed by atoms with Crippen molar-refractivity contribution < 1.29 is 9.53 Å². The predicted molar refractivity (Wildman–Crippen MR) is 93.6 cm³/mol. The van der Waals surface area contributed by atoms with E-state index in [1.807, 2.05) is 24.4 Å². The molecule has 0 aliphatic carbocycles. The first-order valence-corrected chi connectivity index (χ1v) is 7.71. The zero-order chi connectivity index (χ0) is 16.4. The Morgan fingerprint density at radius 2 is 2.04 bits per heavy atom. The summed E-state index contributed by atoms with van der Waals surface area (Å²) in [5.41, 5.74) is 2.45. The summed E-state index contributed by atoms with van der Waals surface area (Å²) in [6.45, 7) is 0. The summed E-state index contributed by atoms with van der Waals surface area (Å²) in [6, 6.07) is 10.7. The highest BCUT2D eigenvalue weighted by Gasteiger charge is 2.10. The maximum atomic E-state index is 12.2. The van der Waals surface area contributed by atoms with E-state index in [2.05, 4.69) is 10.3 Å². The molecule has 0 saturated carbocycles. The van der Waals surface area contributed by atoms with Crippen LogP contribution in [0.25, 0.3) is 10.9 Å². The van der Waals surface area contributed by atoms with E-state index in [1.165, 1.54) is 0 Å². The van der Waals surface area contributed by atoms with Gasteiger partial charge in [-0.05, 0) is 35.9 Å². The number of hydrogen-bond acceptors (Lipinski definition) is 2. The van der Waals surface area contributed by atoms with Gasteiger partial charge in [0.05, 0.1) is 18.6 Å². The van der Waals surface area contributed by atoms with Gasteiger partial charge < -0.3 is 15.0 Å². The van der Waals surface area contributed by atoms with Gasteiger partial charge in [-0.3, -0.25) is 4.79 Å². The molecule has 0 aliphatic rings. The number of anilines is 1. The Balaban J connectivity index is 1.75. The quantitative estimate of drug-likeness (QED) is 0.720. The number of ether oxygens (including phenoxy) is 1. The van der Waals surface area contributed by atoms with E-state index >= 15 is 0 Å². The summed E-state index contributed by atoms with van der Waals surface area (Å²) in [5, 5.41) is 4.92. The summed E-state index contributed by atoms with van der Waals surface area (Å²) >= 11 is 12.0. The normalized spacial score (nSPS) is 10.7. The Kier molecular flexibility index (Phi) is 4.46. The van der Waals surface area contributed by atoms with E-state index in [4.69, 9.17) is 27.9 Å². The number of hydrogen-bond donors (Lipinski definition) is 2. The van der Waals surface area contributed by atoms with Crippen molar-refractivity contribution in [2.45, 2.75) is 6.42 Å². The van der Waals surface area contributed by atoms with Gasteiger partial charge in [-0.15, -0.1) is 0 Å². The number of nitrogens with one attached hydrogen (secondary N) is 2. The molecule has 0 aliphatic heterocycles. The number of fused-ring (bicyclic) bond motifs is 1. The van der Waals surface area contributed by atoms with Crippen LogP contribution in [0.1, 0.15) is 5.56 Å². The molecule has 2 N–H and O–H groups in total. The van der Waals surface area contributed by atoms with Crippen LogP contribution in [0, 0.1) is 0 Å². The summed E-state index contributed by atoms with van der Waals surface area (Å²) in [5.74, 6) is 0.445. The molecular formula is C17H14Cl2N2O2. The minimum atomic E-state index is -0.123. The lowest BCUT2D eigenvalue weighted by Gasteiger charge is -2.08. The molecule has 0 radical (unpaired) electrons.